The van der Waals surface area contributed by atoms with Gasteiger partial charge in [-0.15, -0.1) is 6.42 Å². The van der Waals surface area contributed by atoms with Crippen LogP contribution in [0.4, 0.5) is 23.8 Å². The van der Waals surface area contributed by atoms with Gasteiger partial charge in [0.05, 0.1) is 25.6 Å². The van der Waals surface area contributed by atoms with E-state index in [0.717, 1.165) is 29.5 Å². The molecule has 8 nitrogen and oxygen atoms in total. The van der Waals surface area contributed by atoms with Crippen molar-refractivity contribution in [1.82, 2.24) is 20.2 Å². The number of halogens is 3. The highest BCUT2D eigenvalue weighted by Gasteiger charge is 2.52. The molecule has 2 saturated heterocycles. The number of ether oxygens (including phenoxy) is 2. The van der Waals surface area contributed by atoms with Gasteiger partial charge in [0.2, 0.25) is 0 Å². The van der Waals surface area contributed by atoms with E-state index < -0.39 is 17.5 Å². The van der Waals surface area contributed by atoms with Crippen molar-refractivity contribution in [1.29, 1.82) is 0 Å². The topological polar surface area (TPSA) is 79.8 Å². The Labute approximate surface area is 250 Å². The Morgan fingerprint density at radius 3 is 2.44 bits per heavy atom. The number of nitrogens with one attached hydrogen (secondary N) is 1. The maximum absolute atomic E-state index is 12.9. The number of amides is 2. The maximum Gasteiger partial charge on any atom is 0.434 e. The van der Waals surface area contributed by atoms with Crippen molar-refractivity contribution in [2.24, 2.45) is 5.41 Å². The SMILES string of the molecule is C#C/C(=C\C=C(/C)NC(=O)N1CCOCC1)c1ccc2c(c1)CC(C)(C)C1(CCN(c3cnc(C(F)(F)F)cn3)CC1)O2. The molecule has 0 unspecified atom stereocenters. The van der Waals surface area contributed by atoms with E-state index in [1.165, 1.54) is 6.20 Å². The van der Waals surface area contributed by atoms with Crippen LogP contribution in [0.15, 0.2) is 48.4 Å². The zero-order valence-electron chi connectivity index (χ0n) is 24.6. The standard InChI is InChI=1S/C32H36F3N5O3/c1-5-23(7-6-22(2)38-29(41)40-14-16-42-17-15-40)24-8-9-26-25(18-24)19-30(3,4)31(43-26)10-12-39(13-11-31)28-21-36-27(20-37-28)32(33,34)35/h1,6-9,18,20-21H,10-17,19H2,2-4H3,(H,38,41)/b22-6+,23-7+. The number of carbonyl (C=O) groups is 1. The van der Waals surface area contributed by atoms with E-state index in [1.54, 1.807) is 11.0 Å². The van der Waals surface area contributed by atoms with E-state index in [0.29, 0.717) is 69.3 Å². The predicted octanol–water partition coefficient (Wildman–Crippen LogP) is 5.46. The summed E-state index contributed by atoms with van der Waals surface area (Å²) in [6.07, 6.45) is 9.13. The smallest absolute Gasteiger partial charge is 0.434 e. The number of anilines is 1. The molecule has 4 heterocycles. The van der Waals surface area contributed by atoms with Gasteiger partial charge in [-0.3, -0.25) is 0 Å². The summed E-state index contributed by atoms with van der Waals surface area (Å²) in [5, 5.41) is 2.90. The van der Waals surface area contributed by atoms with E-state index >= 15 is 0 Å². The lowest BCUT2D eigenvalue weighted by Gasteiger charge is -2.54. The molecule has 0 bridgehead atoms. The third-order valence-corrected chi connectivity index (χ3v) is 8.62. The summed E-state index contributed by atoms with van der Waals surface area (Å²) in [5.41, 5.74) is 1.68. The Balaban J connectivity index is 1.27. The highest BCUT2D eigenvalue weighted by atomic mass is 19.4. The van der Waals surface area contributed by atoms with Crippen LogP contribution in [0.5, 0.6) is 5.75 Å². The number of alkyl halides is 3. The van der Waals surface area contributed by atoms with Crippen molar-refractivity contribution in [3.8, 4) is 18.1 Å². The molecule has 0 radical (unpaired) electrons. The number of benzene rings is 1. The fourth-order valence-electron chi connectivity index (χ4n) is 5.97. The molecule has 43 heavy (non-hydrogen) atoms. The Bertz CT molecular complexity index is 1450. The molecule has 1 aromatic carbocycles. The van der Waals surface area contributed by atoms with Crippen LogP contribution in [-0.2, 0) is 17.3 Å². The van der Waals surface area contributed by atoms with Gasteiger partial charge in [-0.05, 0) is 48.8 Å². The summed E-state index contributed by atoms with van der Waals surface area (Å²) >= 11 is 0. The fraction of sp³-hybridized carbons (Fsp3) is 0.469. The first-order valence-electron chi connectivity index (χ1n) is 14.4. The number of carbonyl (C=O) groups excluding carboxylic acids is 1. The average molecular weight is 596 g/mol. The molecule has 1 aromatic heterocycles. The number of hydrogen-bond donors (Lipinski definition) is 1. The van der Waals surface area contributed by atoms with E-state index in [2.05, 4.69) is 41.1 Å². The number of hydrogen-bond acceptors (Lipinski definition) is 6. The minimum Gasteiger partial charge on any atom is -0.486 e. The Morgan fingerprint density at radius 2 is 1.81 bits per heavy atom. The second-order valence-electron chi connectivity index (χ2n) is 11.8. The van der Waals surface area contributed by atoms with Crippen LogP contribution in [0.25, 0.3) is 5.57 Å². The van der Waals surface area contributed by atoms with Crippen LogP contribution in [-0.4, -0.2) is 65.9 Å². The monoisotopic (exact) mass is 595 g/mol. The molecular weight excluding hydrogens is 559 g/mol. The summed E-state index contributed by atoms with van der Waals surface area (Å²) in [5.74, 6) is 4.01. The maximum atomic E-state index is 12.9. The molecule has 0 aliphatic carbocycles. The number of allylic oxidation sites excluding steroid dienone is 4. The number of nitrogens with zero attached hydrogens (tertiary/aromatic N) is 4. The molecule has 0 atom stereocenters. The molecule has 228 valence electrons. The molecule has 0 saturated carbocycles. The number of morpholine rings is 1. The zero-order chi connectivity index (χ0) is 30.8. The Kier molecular flexibility index (Phi) is 8.43. The summed E-state index contributed by atoms with van der Waals surface area (Å²) < 4.78 is 50.7. The van der Waals surface area contributed by atoms with Crippen LogP contribution in [0, 0.1) is 17.8 Å². The third-order valence-electron chi connectivity index (χ3n) is 8.62. The summed E-state index contributed by atoms with van der Waals surface area (Å²) in [4.78, 5) is 23.7. The summed E-state index contributed by atoms with van der Waals surface area (Å²) in [6, 6.07) is 5.81. The largest absolute Gasteiger partial charge is 0.486 e. The normalized spacial score (nSPS) is 20.2. The molecule has 5 rings (SSSR count). The van der Waals surface area contributed by atoms with E-state index in [4.69, 9.17) is 15.9 Å². The van der Waals surface area contributed by atoms with Crippen LogP contribution in [0.2, 0.25) is 0 Å². The summed E-state index contributed by atoms with van der Waals surface area (Å²) in [6.45, 7) is 9.58. The van der Waals surface area contributed by atoms with Gasteiger partial charge in [-0.1, -0.05) is 25.8 Å². The van der Waals surface area contributed by atoms with Gasteiger partial charge in [0.25, 0.3) is 0 Å². The quantitative estimate of drug-likeness (QED) is 0.374. The minimum absolute atomic E-state index is 0.159. The molecule has 2 amide bonds. The van der Waals surface area contributed by atoms with Gasteiger partial charge in [-0.25, -0.2) is 14.8 Å². The van der Waals surface area contributed by atoms with Crippen molar-refractivity contribution in [3.63, 3.8) is 0 Å². The van der Waals surface area contributed by atoms with Gasteiger partial charge >= 0.3 is 12.2 Å². The molecular formula is C32H36F3N5O3. The highest BCUT2D eigenvalue weighted by molar-refractivity contribution is 5.81. The first kappa shape index (κ1) is 30.4. The van der Waals surface area contributed by atoms with Gasteiger partial charge in [0.15, 0.2) is 5.69 Å². The van der Waals surface area contributed by atoms with Crippen LogP contribution >= 0.6 is 0 Å². The first-order valence-corrected chi connectivity index (χ1v) is 14.4. The number of urea groups is 1. The van der Waals surface area contributed by atoms with Crippen molar-refractivity contribution in [2.45, 2.75) is 51.8 Å². The summed E-state index contributed by atoms with van der Waals surface area (Å²) in [7, 11) is 0. The van der Waals surface area contributed by atoms with Crippen molar-refractivity contribution < 1.29 is 27.4 Å². The molecule has 3 aliphatic heterocycles. The molecule has 1 spiro atoms. The third kappa shape index (κ3) is 6.49. The van der Waals surface area contributed by atoms with Gasteiger partial charge in [0.1, 0.15) is 17.2 Å². The van der Waals surface area contributed by atoms with Gasteiger partial charge in [-0.2, -0.15) is 13.2 Å². The number of piperidine rings is 1. The van der Waals surface area contributed by atoms with Gasteiger partial charge in [0, 0.05) is 55.7 Å². The molecule has 3 aliphatic rings. The minimum atomic E-state index is -4.52. The number of aromatic nitrogens is 2. The fourth-order valence-corrected chi connectivity index (χ4v) is 5.97. The van der Waals surface area contributed by atoms with Crippen LogP contribution < -0.4 is 15.0 Å². The zero-order valence-corrected chi connectivity index (χ0v) is 24.6. The van der Waals surface area contributed by atoms with E-state index in [1.807, 2.05) is 30.0 Å². The van der Waals surface area contributed by atoms with Crippen molar-refractivity contribution in [2.75, 3.05) is 44.3 Å². The highest BCUT2D eigenvalue weighted by Crippen LogP contribution is 2.50. The Hall–Kier alpha value is -4.04. The van der Waals surface area contributed by atoms with Crippen molar-refractivity contribution in [3.05, 3.63) is 65.3 Å². The molecule has 1 N–H and O–H groups in total. The first-order chi connectivity index (χ1) is 20.4. The number of fused-ring (bicyclic) bond motifs is 1. The number of terminal acetylenes is 1. The molecule has 11 heteroatoms. The Morgan fingerprint density at radius 1 is 1.09 bits per heavy atom. The van der Waals surface area contributed by atoms with Crippen LogP contribution in [0.1, 0.15) is 50.4 Å². The lowest BCUT2D eigenvalue weighted by Crippen LogP contribution is -2.59. The van der Waals surface area contributed by atoms with E-state index in [9.17, 15) is 18.0 Å². The lowest BCUT2D eigenvalue weighted by molar-refractivity contribution is -0.141. The second-order valence-corrected chi connectivity index (χ2v) is 11.8. The molecule has 2 aromatic rings. The second kappa shape index (κ2) is 11.9. The predicted molar refractivity (Wildman–Crippen MR) is 157 cm³/mol. The average Bonchev–Trinajstić information content (AvgIpc) is 2.98. The van der Waals surface area contributed by atoms with E-state index in [-0.39, 0.29) is 11.4 Å². The number of rotatable bonds is 4. The lowest BCUT2D eigenvalue weighted by atomic mass is 9.64. The van der Waals surface area contributed by atoms with Crippen molar-refractivity contribution >= 4 is 17.4 Å². The van der Waals surface area contributed by atoms with Crippen LogP contribution in [0.3, 0.4) is 0 Å². The molecule has 2 fully saturated rings. The van der Waals surface area contributed by atoms with Gasteiger partial charge < -0.3 is 24.6 Å².